The molecule has 1 atom stereocenters. The van der Waals surface area contributed by atoms with E-state index in [4.69, 9.17) is 16.3 Å². The van der Waals surface area contributed by atoms with Crippen LogP contribution in [-0.2, 0) is 0 Å². The Morgan fingerprint density at radius 3 is 2.50 bits per heavy atom. The van der Waals surface area contributed by atoms with E-state index in [0.29, 0.717) is 10.8 Å². The van der Waals surface area contributed by atoms with Gasteiger partial charge in [0.15, 0.2) is 0 Å². The van der Waals surface area contributed by atoms with Crippen LogP contribution in [0.5, 0.6) is 5.75 Å². The Kier molecular flexibility index (Phi) is 3.14. The van der Waals surface area contributed by atoms with Crippen LogP contribution < -0.4 is 4.74 Å². The fourth-order valence-corrected chi connectivity index (χ4v) is 3.15. The molecule has 0 aromatic heterocycles. The zero-order valence-corrected chi connectivity index (χ0v) is 12.4. The molecule has 108 valence electrons. The lowest BCUT2D eigenvalue weighted by atomic mass is 9.90. The van der Waals surface area contributed by atoms with Crippen LogP contribution in [0.15, 0.2) is 66.9 Å². The molecule has 0 saturated heterocycles. The van der Waals surface area contributed by atoms with Gasteiger partial charge in [0.05, 0.1) is 6.26 Å². The first-order chi connectivity index (χ1) is 10.8. The van der Waals surface area contributed by atoms with E-state index >= 15 is 0 Å². The largest absolute Gasteiger partial charge is 0.464 e. The van der Waals surface area contributed by atoms with Gasteiger partial charge in [-0.2, -0.15) is 0 Å². The number of aliphatic hydroxyl groups excluding tert-OH is 1. The van der Waals surface area contributed by atoms with Crippen LogP contribution in [0.25, 0.3) is 16.3 Å². The second kappa shape index (κ2) is 5.16. The van der Waals surface area contributed by atoms with Gasteiger partial charge < -0.3 is 9.84 Å². The Balaban J connectivity index is 1.92. The molecule has 3 aromatic carbocycles. The standard InChI is InChI=1S/C19H13ClO2/c20-16-8-4-7-14-13(16)9-10-17-18(14)19(21)15(11-22-17)12-5-2-1-3-6-12/h1-11,19,21H. The molecule has 2 nitrogen and oxygen atoms in total. The average Bonchev–Trinajstić information content (AvgIpc) is 2.56. The predicted octanol–water partition coefficient (Wildman–Crippen LogP) is 4.96. The minimum Gasteiger partial charge on any atom is -0.464 e. The van der Waals surface area contributed by atoms with Gasteiger partial charge in [-0.15, -0.1) is 0 Å². The highest BCUT2D eigenvalue weighted by atomic mass is 35.5. The summed E-state index contributed by atoms with van der Waals surface area (Å²) in [6.45, 7) is 0. The Morgan fingerprint density at radius 1 is 0.864 bits per heavy atom. The molecular formula is C19H13ClO2. The van der Waals surface area contributed by atoms with Gasteiger partial charge in [-0.3, -0.25) is 0 Å². The first-order valence-corrected chi connectivity index (χ1v) is 7.45. The van der Waals surface area contributed by atoms with E-state index in [2.05, 4.69) is 0 Å². The molecule has 1 heterocycles. The number of fused-ring (bicyclic) bond motifs is 3. The average molecular weight is 309 g/mol. The van der Waals surface area contributed by atoms with Gasteiger partial charge in [0.1, 0.15) is 11.9 Å². The van der Waals surface area contributed by atoms with E-state index in [1.165, 1.54) is 0 Å². The molecule has 3 aromatic rings. The molecule has 1 aliphatic rings. The van der Waals surface area contributed by atoms with E-state index < -0.39 is 6.10 Å². The number of hydrogen-bond acceptors (Lipinski definition) is 2. The van der Waals surface area contributed by atoms with Crippen molar-refractivity contribution < 1.29 is 9.84 Å². The number of benzene rings is 3. The fourth-order valence-electron chi connectivity index (χ4n) is 2.91. The normalized spacial score (nSPS) is 16.8. The van der Waals surface area contributed by atoms with Crippen molar-refractivity contribution in [2.24, 2.45) is 0 Å². The summed E-state index contributed by atoms with van der Waals surface area (Å²) in [7, 11) is 0. The third-order valence-corrected chi connectivity index (χ3v) is 4.33. The SMILES string of the molecule is OC1C(c2ccccc2)=COc2ccc3c(Cl)cccc3c21. The summed E-state index contributed by atoms with van der Waals surface area (Å²) in [6, 6.07) is 19.2. The van der Waals surface area contributed by atoms with Gasteiger partial charge >= 0.3 is 0 Å². The second-order valence-electron chi connectivity index (χ2n) is 5.27. The van der Waals surface area contributed by atoms with Crippen molar-refractivity contribution in [3.8, 4) is 5.75 Å². The summed E-state index contributed by atoms with van der Waals surface area (Å²) in [5.74, 6) is 0.668. The van der Waals surface area contributed by atoms with E-state index in [1.54, 1.807) is 6.26 Å². The Bertz CT molecular complexity index is 885. The van der Waals surface area contributed by atoms with E-state index in [-0.39, 0.29) is 0 Å². The van der Waals surface area contributed by atoms with Crippen LogP contribution >= 0.6 is 11.6 Å². The summed E-state index contributed by atoms with van der Waals surface area (Å²) in [6.07, 6.45) is 0.881. The number of aliphatic hydroxyl groups is 1. The smallest absolute Gasteiger partial charge is 0.133 e. The number of ether oxygens (including phenoxy) is 1. The minimum atomic E-state index is -0.742. The first-order valence-electron chi connectivity index (χ1n) is 7.07. The molecule has 0 fully saturated rings. The van der Waals surface area contributed by atoms with E-state index in [9.17, 15) is 5.11 Å². The molecule has 0 radical (unpaired) electrons. The van der Waals surface area contributed by atoms with Crippen molar-refractivity contribution in [2.75, 3.05) is 0 Å². The third-order valence-electron chi connectivity index (χ3n) is 4.00. The molecule has 1 N–H and O–H groups in total. The van der Waals surface area contributed by atoms with Crippen LogP contribution in [-0.4, -0.2) is 5.11 Å². The molecule has 0 saturated carbocycles. The molecule has 22 heavy (non-hydrogen) atoms. The Morgan fingerprint density at radius 2 is 1.68 bits per heavy atom. The lowest BCUT2D eigenvalue weighted by Gasteiger charge is -2.25. The lowest BCUT2D eigenvalue weighted by molar-refractivity contribution is 0.226. The third kappa shape index (κ3) is 2.00. The van der Waals surface area contributed by atoms with Crippen molar-refractivity contribution in [3.63, 3.8) is 0 Å². The summed E-state index contributed by atoms with van der Waals surface area (Å²) >= 11 is 6.26. The highest BCUT2D eigenvalue weighted by molar-refractivity contribution is 6.35. The maximum absolute atomic E-state index is 10.9. The zero-order valence-electron chi connectivity index (χ0n) is 11.7. The van der Waals surface area contributed by atoms with E-state index in [1.807, 2.05) is 60.7 Å². The quantitative estimate of drug-likeness (QED) is 0.688. The number of hydrogen-bond donors (Lipinski definition) is 1. The summed E-state index contributed by atoms with van der Waals surface area (Å²) < 4.78 is 5.74. The van der Waals surface area contributed by atoms with Gasteiger partial charge in [0.2, 0.25) is 0 Å². The van der Waals surface area contributed by atoms with Gasteiger partial charge in [-0.1, -0.05) is 54.1 Å². The maximum Gasteiger partial charge on any atom is 0.133 e. The molecule has 0 aliphatic carbocycles. The number of halogens is 1. The van der Waals surface area contributed by atoms with Crippen molar-refractivity contribution in [2.45, 2.75) is 6.10 Å². The zero-order chi connectivity index (χ0) is 15.1. The molecule has 3 heteroatoms. The molecular weight excluding hydrogens is 296 g/mol. The Labute approximate surface area is 133 Å². The molecule has 0 amide bonds. The molecule has 1 aliphatic heterocycles. The summed E-state index contributed by atoms with van der Waals surface area (Å²) in [4.78, 5) is 0. The topological polar surface area (TPSA) is 29.5 Å². The van der Waals surface area contributed by atoms with Crippen molar-refractivity contribution in [3.05, 3.63) is 83.1 Å². The molecule has 1 unspecified atom stereocenters. The predicted molar refractivity (Wildman–Crippen MR) is 89.0 cm³/mol. The van der Waals surface area contributed by atoms with Gasteiger partial charge in [-0.05, 0) is 29.1 Å². The monoisotopic (exact) mass is 308 g/mol. The first kappa shape index (κ1) is 13.4. The van der Waals surface area contributed by atoms with Crippen molar-refractivity contribution in [1.82, 2.24) is 0 Å². The van der Waals surface area contributed by atoms with Crippen LogP contribution in [0.4, 0.5) is 0 Å². The Hall–Kier alpha value is -2.29. The van der Waals surface area contributed by atoms with Crippen LogP contribution in [0.1, 0.15) is 17.2 Å². The highest BCUT2D eigenvalue weighted by Gasteiger charge is 2.26. The fraction of sp³-hybridized carbons (Fsp3) is 0.0526. The van der Waals surface area contributed by atoms with Crippen molar-refractivity contribution >= 4 is 27.9 Å². The van der Waals surface area contributed by atoms with Gasteiger partial charge in [0.25, 0.3) is 0 Å². The summed E-state index contributed by atoms with van der Waals surface area (Å²) in [5.41, 5.74) is 2.46. The maximum atomic E-state index is 10.9. The minimum absolute atomic E-state index is 0.668. The van der Waals surface area contributed by atoms with Gasteiger partial charge in [-0.25, -0.2) is 0 Å². The number of rotatable bonds is 1. The lowest BCUT2D eigenvalue weighted by Crippen LogP contribution is -2.10. The highest BCUT2D eigenvalue weighted by Crippen LogP contribution is 2.43. The van der Waals surface area contributed by atoms with Crippen molar-refractivity contribution in [1.29, 1.82) is 0 Å². The summed E-state index contributed by atoms with van der Waals surface area (Å²) in [5, 5.41) is 13.4. The van der Waals surface area contributed by atoms with Crippen LogP contribution in [0, 0.1) is 0 Å². The second-order valence-corrected chi connectivity index (χ2v) is 5.68. The van der Waals surface area contributed by atoms with Gasteiger partial charge in [0, 0.05) is 21.5 Å². The molecule has 0 bridgehead atoms. The van der Waals surface area contributed by atoms with E-state index in [0.717, 1.165) is 27.5 Å². The van der Waals surface area contributed by atoms with Crippen LogP contribution in [0.3, 0.4) is 0 Å². The molecule has 0 spiro atoms. The molecule has 4 rings (SSSR count). The van der Waals surface area contributed by atoms with Crippen LogP contribution in [0.2, 0.25) is 5.02 Å².